The highest BCUT2D eigenvalue weighted by Crippen LogP contribution is 2.42. The number of hydrogen-bond acceptors (Lipinski definition) is 2. The molecular weight excluding hydrogens is 574 g/mol. The van der Waals surface area contributed by atoms with E-state index in [-0.39, 0.29) is 11.1 Å². The topological polar surface area (TPSA) is 66.4 Å². The number of hydrogen-bond donors (Lipinski definition) is 2. The molecule has 2 N–H and O–H groups in total. The number of nitrogens with one attached hydrogen (secondary N) is 1. The predicted octanol–water partition coefficient (Wildman–Crippen LogP) is 6.25. The highest BCUT2D eigenvalue weighted by molar-refractivity contribution is 9.15. The molecule has 0 aliphatic rings. The van der Waals surface area contributed by atoms with Crippen LogP contribution in [0, 0.1) is 0 Å². The molecule has 0 fully saturated rings. The number of benzene rings is 2. The van der Waals surface area contributed by atoms with Crippen LogP contribution in [0.25, 0.3) is 0 Å². The summed E-state index contributed by atoms with van der Waals surface area (Å²) in [5, 5.41) is 12.3. The van der Waals surface area contributed by atoms with E-state index in [1.165, 1.54) is 0 Å². The van der Waals surface area contributed by atoms with E-state index in [1.54, 1.807) is 6.07 Å². The van der Waals surface area contributed by atoms with Crippen LogP contribution in [-0.2, 0) is 6.42 Å². The molecule has 24 heavy (non-hydrogen) atoms. The van der Waals surface area contributed by atoms with Crippen LogP contribution >= 0.6 is 63.7 Å². The van der Waals surface area contributed by atoms with Gasteiger partial charge in [0.05, 0.1) is 11.1 Å². The van der Waals surface area contributed by atoms with Crippen LogP contribution < -0.4 is 5.32 Å². The fourth-order valence-electron chi connectivity index (χ4n) is 2.18. The van der Waals surface area contributed by atoms with E-state index in [4.69, 9.17) is 0 Å². The number of aryl methyl sites for hydroxylation is 1. The number of anilines is 1. The second kappa shape index (κ2) is 8.12. The van der Waals surface area contributed by atoms with Crippen molar-refractivity contribution in [2.45, 2.75) is 13.3 Å². The molecule has 0 saturated carbocycles. The van der Waals surface area contributed by atoms with E-state index < -0.39 is 11.9 Å². The molecule has 0 radical (unpaired) electrons. The lowest BCUT2D eigenvalue weighted by Gasteiger charge is -2.16. The van der Waals surface area contributed by atoms with Gasteiger partial charge in [0, 0.05) is 23.6 Å². The van der Waals surface area contributed by atoms with E-state index in [2.05, 4.69) is 69.0 Å². The van der Waals surface area contributed by atoms with Crippen LogP contribution in [0.2, 0.25) is 0 Å². The van der Waals surface area contributed by atoms with Crippen LogP contribution in [0.3, 0.4) is 0 Å². The number of carbonyl (C=O) groups is 2. The molecule has 8 heteroatoms. The number of carbonyl (C=O) groups excluding carboxylic acids is 1. The Kier molecular flexibility index (Phi) is 6.64. The first-order valence-corrected chi connectivity index (χ1v) is 9.95. The Bertz CT molecular complexity index is 837. The van der Waals surface area contributed by atoms with E-state index in [1.807, 2.05) is 25.1 Å². The summed E-state index contributed by atoms with van der Waals surface area (Å²) >= 11 is 13.2. The Morgan fingerprint density at radius 3 is 2.04 bits per heavy atom. The lowest BCUT2D eigenvalue weighted by Crippen LogP contribution is -2.19. The fraction of sp³-hybridized carbons (Fsp3) is 0.125. The number of rotatable bonds is 4. The Morgan fingerprint density at radius 1 is 0.958 bits per heavy atom. The van der Waals surface area contributed by atoms with Gasteiger partial charge in [0.1, 0.15) is 0 Å². The molecule has 0 heterocycles. The molecule has 126 valence electrons. The minimum atomic E-state index is -1.20. The fourth-order valence-corrected chi connectivity index (χ4v) is 4.65. The van der Waals surface area contributed by atoms with Crippen molar-refractivity contribution in [3.63, 3.8) is 0 Å². The molecule has 0 aromatic heterocycles. The van der Waals surface area contributed by atoms with Gasteiger partial charge < -0.3 is 10.4 Å². The van der Waals surface area contributed by atoms with Crippen molar-refractivity contribution in [3.05, 3.63) is 58.8 Å². The van der Waals surface area contributed by atoms with Gasteiger partial charge in [-0.15, -0.1) is 0 Å². The van der Waals surface area contributed by atoms with Crippen LogP contribution in [-0.4, -0.2) is 17.0 Å². The van der Waals surface area contributed by atoms with Gasteiger partial charge in [-0.1, -0.05) is 25.1 Å². The van der Waals surface area contributed by atoms with Crippen molar-refractivity contribution >= 4 is 81.3 Å². The average molecular weight is 585 g/mol. The second-order valence-electron chi connectivity index (χ2n) is 4.78. The molecule has 0 aliphatic carbocycles. The van der Waals surface area contributed by atoms with Crippen molar-refractivity contribution < 1.29 is 14.7 Å². The summed E-state index contributed by atoms with van der Waals surface area (Å²) in [6.45, 7) is 1.98. The van der Waals surface area contributed by atoms with Crippen LogP contribution in [0.15, 0.2) is 42.2 Å². The Morgan fingerprint density at radius 2 is 1.50 bits per heavy atom. The zero-order chi connectivity index (χ0) is 18.0. The summed E-state index contributed by atoms with van der Waals surface area (Å²) < 4.78 is 1.71. The first-order chi connectivity index (χ1) is 11.3. The van der Waals surface area contributed by atoms with Crippen LogP contribution in [0.1, 0.15) is 33.2 Å². The summed E-state index contributed by atoms with van der Waals surface area (Å²) in [5.41, 5.74) is 1.54. The van der Waals surface area contributed by atoms with Crippen molar-refractivity contribution in [3.8, 4) is 0 Å². The van der Waals surface area contributed by atoms with Crippen LogP contribution in [0.4, 0.5) is 5.69 Å². The third-order valence-corrected chi connectivity index (χ3v) is 8.12. The van der Waals surface area contributed by atoms with E-state index in [9.17, 15) is 14.7 Å². The molecule has 2 rings (SSSR count). The molecule has 0 atom stereocenters. The Labute approximate surface area is 172 Å². The SMILES string of the molecule is CCc1ccccc1NC(=O)c1c(Br)c(Br)c(Br)c(Br)c1C(=O)O. The largest absolute Gasteiger partial charge is 0.478 e. The van der Waals surface area contributed by atoms with Gasteiger partial charge >= 0.3 is 5.97 Å². The third-order valence-electron chi connectivity index (χ3n) is 3.35. The smallest absolute Gasteiger partial charge is 0.337 e. The Hall–Kier alpha value is -0.700. The van der Waals surface area contributed by atoms with E-state index in [0.717, 1.165) is 12.0 Å². The first kappa shape index (κ1) is 19.6. The Balaban J connectivity index is 2.59. The van der Waals surface area contributed by atoms with Gasteiger partial charge in [0.2, 0.25) is 0 Å². The minimum absolute atomic E-state index is 0.0374. The van der Waals surface area contributed by atoms with Gasteiger partial charge in [-0.25, -0.2) is 4.79 Å². The minimum Gasteiger partial charge on any atom is -0.478 e. The molecule has 4 nitrogen and oxygen atoms in total. The summed E-state index contributed by atoms with van der Waals surface area (Å²) in [6, 6.07) is 7.40. The number of para-hydroxylation sites is 1. The molecule has 2 aromatic carbocycles. The normalized spacial score (nSPS) is 10.5. The zero-order valence-corrected chi connectivity index (χ0v) is 18.6. The zero-order valence-electron chi connectivity index (χ0n) is 12.3. The molecule has 0 aliphatic heterocycles. The summed E-state index contributed by atoms with van der Waals surface area (Å²) in [7, 11) is 0. The maximum Gasteiger partial charge on any atom is 0.337 e. The van der Waals surface area contributed by atoms with Gasteiger partial charge in [-0.05, 0) is 81.8 Å². The van der Waals surface area contributed by atoms with E-state index >= 15 is 0 Å². The third kappa shape index (κ3) is 3.76. The number of carboxylic acids is 1. The summed E-state index contributed by atoms with van der Waals surface area (Å²) in [4.78, 5) is 24.5. The summed E-state index contributed by atoms with van der Waals surface area (Å²) in [6.07, 6.45) is 0.747. The van der Waals surface area contributed by atoms with Crippen LogP contribution in [0.5, 0.6) is 0 Å². The number of amides is 1. The van der Waals surface area contributed by atoms with E-state index in [0.29, 0.717) is 23.6 Å². The molecule has 0 saturated heterocycles. The first-order valence-electron chi connectivity index (χ1n) is 6.78. The second-order valence-corrected chi connectivity index (χ2v) is 7.95. The van der Waals surface area contributed by atoms with Gasteiger partial charge in [0.15, 0.2) is 0 Å². The lowest BCUT2D eigenvalue weighted by atomic mass is 10.1. The van der Waals surface area contributed by atoms with Crippen molar-refractivity contribution in [1.29, 1.82) is 0 Å². The van der Waals surface area contributed by atoms with Crippen molar-refractivity contribution in [1.82, 2.24) is 0 Å². The molecule has 2 aromatic rings. The molecular formula is C16H11Br4NO3. The van der Waals surface area contributed by atoms with Crippen molar-refractivity contribution in [2.75, 3.05) is 5.32 Å². The maximum atomic E-state index is 12.8. The van der Waals surface area contributed by atoms with Gasteiger partial charge in [0.25, 0.3) is 5.91 Å². The van der Waals surface area contributed by atoms with Gasteiger partial charge in [-0.3, -0.25) is 4.79 Å². The quantitative estimate of drug-likeness (QED) is 0.330. The van der Waals surface area contributed by atoms with Crippen molar-refractivity contribution in [2.24, 2.45) is 0 Å². The highest BCUT2D eigenvalue weighted by Gasteiger charge is 2.28. The highest BCUT2D eigenvalue weighted by atomic mass is 79.9. The number of carboxylic acid groups (broad SMARTS) is 1. The number of aromatic carboxylic acids is 1. The predicted molar refractivity (Wildman–Crippen MR) is 108 cm³/mol. The standard InChI is InChI=1S/C16H11Br4NO3/c1-2-7-5-3-4-6-8(7)21-15(22)9-10(16(23)24)12(18)14(20)13(19)11(9)17/h3-6H,2H2,1H3,(H,21,22)(H,23,24). The lowest BCUT2D eigenvalue weighted by molar-refractivity contribution is 0.0691. The molecule has 1 amide bonds. The molecule has 0 spiro atoms. The van der Waals surface area contributed by atoms with Gasteiger partial charge in [-0.2, -0.15) is 0 Å². The summed E-state index contributed by atoms with van der Waals surface area (Å²) in [5.74, 6) is -1.71. The monoisotopic (exact) mass is 581 g/mol. The maximum absolute atomic E-state index is 12.8. The number of halogens is 4. The average Bonchev–Trinajstić information content (AvgIpc) is 2.55. The molecule has 0 bridgehead atoms. The molecule has 0 unspecified atom stereocenters.